The van der Waals surface area contributed by atoms with Gasteiger partial charge < -0.3 is 24.8 Å². The van der Waals surface area contributed by atoms with Gasteiger partial charge in [-0.15, -0.1) is 11.3 Å². The Kier molecular flexibility index (Phi) is 9.00. The molecule has 3 heterocycles. The number of fused-ring (bicyclic) bond motifs is 3. The SMILES string of the molecule is COc1ccc2c(O[C@H]3CC4C(=O)N(C)CCCC/C=C\[C@@H]5C[C@@]5(C(=O)O)NC(=O)[C@@H]4C3)cc(-c3nc(C(C)C)cs3)nc2c1Cl. The summed E-state index contributed by atoms with van der Waals surface area (Å²) in [4.78, 5) is 51.3. The maximum atomic E-state index is 13.8. The zero-order valence-electron chi connectivity index (χ0n) is 26.4. The number of hydrogen-bond acceptors (Lipinski definition) is 8. The fourth-order valence-electron chi connectivity index (χ4n) is 6.61. The lowest BCUT2D eigenvalue weighted by molar-refractivity contribution is -0.145. The summed E-state index contributed by atoms with van der Waals surface area (Å²) in [6.45, 7) is 4.74. The minimum absolute atomic E-state index is 0.132. The highest BCUT2D eigenvalue weighted by Crippen LogP contribution is 2.47. The summed E-state index contributed by atoms with van der Waals surface area (Å²) in [6.07, 6.45) is 6.79. The number of halogens is 1. The van der Waals surface area contributed by atoms with Crippen LogP contribution in [-0.2, 0) is 14.4 Å². The number of amides is 2. The predicted molar refractivity (Wildman–Crippen MR) is 176 cm³/mol. The molecule has 2 saturated carbocycles. The van der Waals surface area contributed by atoms with Crippen molar-refractivity contribution in [2.24, 2.45) is 17.8 Å². The quantitative estimate of drug-likeness (QED) is 0.303. The number of carbonyl (C=O) groups is 3. The fourth-order valence-corrected chi connectivity index (χ4v) is 7.84. The van der Waals surface area contributed by atoms with Crippen LogP contribution in [0.25, 0.3) is 21.6 Å². The Morgan fingerprint density at radius 3 is 2.67 bits per heavy atom. The second-order valence-corrected chi connectivity index (χ2v) is 14.1. The van der Waals surface area contributed by atoms with E-state index in [1.807, 2.05) is 29.7 Å². The Balaban J connectivity index is 1.35. The highest BCUT2D eigenvalue weighted by Gasteiger charge is 2.61. The maximum Gasteiger partial charge on any atom is 0.330 e. The van der Waals surface area contributed by atoms with E-state index in [2.05, 4.69) is 19.2 Å². The number of rotatable bonds is 6. The lowest BCUT2D eigenvalue weighted by atomic mass is 9.93. The second-order valence-electron chi connectivity index (χ2n) is 12.9. The number of pyridine rings is 1. The molecule has 3 aliphatic rings. The van der Waals surface area contributed by atoms with Gasteiger partial charge in [-0.25, -0.2) is 14.8 Å². The number of nitrogens with zero attached hydrogens (tertiary/aromatic N) is 3. The van der Waals surface area contributed by atoms with Crippen molar-refractivity contribution >= 4 is 51.6 Å². The zero-order valence-corrected chi connectivity index (χ0v) is 28.0. The zero-order chi connectivity index (χ0) is 32.7. The van der Waals surface area contributed by atoms with E-state index in [4.69, 9.17) is 31.0 Å². The topological polar surface area (TPSA) is 131 Å². The smallest absolute Gasteiger partial charge is 0.330 e. The third-order valence-electron chi connectivity index (χ3n) is 9.47. The number of ether oxygens (including phenoxy) is 2. The molecule has 46 heavy (non-hydrogen) atoms. The van der Waals surface area contributed by atoms with Gasteiger partial charge in [0.15, 0.2) is 0 Å². The van der Waals surface area contributed by atoms with Crippen molar-refractivity contribution in [3.05, 3.63) is 46.4 Å². The first-order valence-corrected chi connectivity index (χ1v) is 17.0. The first-order valence-electron chi connectivity index (χ1n) is 15.8. The van der Waals surface area contributed by atoms with Gasteiger partial charge in [0.25, 0.3) is 0 Å². The Morgan fingerprint density at radius 2 is 1.96 bits per heavy atom. The van der Waals surface area contributed by atoms with Crippen LogP contribution in [0.2, 0.25) is 5.02 Å². The minimum Gasteiger partial charge on any atom is -0.495 e. The van der Waals surface area contributed by atoms with Crippen molar-refractivity contribution < 1.29 is 29.0 Å². The van der Waals surface area contributed by atoms with E-state index in [0.29, 0.717) is 52.5 Å². The van der Waals surface area contributed by atoms with Crippen molar-refractivity contribution in [3.8, 4) is 22.2 Å². The van der Waals surface area contributed by atoms with Gasteiger partial charge in [-0.3, -0.25) is 9.59 Å². The van der Waals surface area contributed by atoms with Crippen LogP contribution in [0.4, 0.5) is 0 Å². The Bertz CT molecular complexity index is 1710. The van der Waals surface area contributed by atoms with Crippen molar-refractivity contribution in [1.82, 2.24) is 20.2 Å². The first-order chi connectivity index (χ1) is 22.0. The molecule has 0 spiro atoms. The summed E-state index contributed by atoms with van der Waals surface area (Å²) in [7, 11) is 3.31. The molecule has 1 aromatic carbocycles. The number of thiazole rings is 1. The third-order valence-corrected chi connectivity index (χ3v) is 10.7. The monoisotopic (exact) mass is 666 g/mol. The molecular weight excluding hydrogens is 628 g/mol. The lowest BCUT2D eigenvalue weighted by Gasteiger charge is -2.26. The molecule has 3 aromatic rings. The van der Waals surface area contributed by atoms with Crippen LogP contribution >= 0.6 is 22.9 Å². The van der Waals surface area contributed by atoms with Crippen LogP contribution in [0.1, 0.15) is 64.0 Å². The highest BCUT2D eigenvalue weighted by molar-refractivity contribution is 7.13. The molecule has 5 atom stereocenters. The molecule has 0 bridgehead atoms. The number of aromatic nitrogens is 2. The number of benzene rings is 1. The average molecular weight is 667 g/mol. The van der Waals surface area contributed by atoms with Crippen LogP contribution in [0.5, 0.6) is 11.5 Å². The van der Waals surface area contributed by atoms with Crippen molar-refractivity contribution in [1.29, 1.82) is 0 Å². The molecule has 0 saturated heterocycles. The van der Waals surface area contributed by atoms with E-state index in [1.54, 1.807) is 25.1 Å². The minimum atomic E-state index is -1.34. The van der Waals surface area contributed by atoms with E-state index >= 15 is 0 Å². The molecule has 0 radical (unpaired) electrons. The van der Waals surface area contributed by atoms with E-state index in [0.717, 1.165) is 30.0 Å². The molecule has 1 unspecified atom stereocenters. The summed E-state index contributed by atoms with van der Waals surface area (Å²) in [6, 6.07) is 5.42. The van der Waals surface area contributed by atoms with Gasteiger partial charge in [0, 0.05) is 36.3 Å². The fraction of sp³-hybridized carbons (Fsp3) is 0.500. The molecule has 1 aliphatic heterocycles. The van der Waals surface area contributed by atoms with Gasteiger partial charge >= 0.3 is 5.97 Å². The molecule has 2 aliphatic carbocycles. The number of carboxylic acid groups (broad SMARTS) is 1. The van der Waals surface area contributed by atoms with Gasteiger partial charge in [-0.05, 0) is 56.6 Å². The van der Waals surface area contributed by atoms with Gasteiger partial charge in [-0.2, -0.15) is 0 Å². The molecule has 2 amide bonds. The van der Waals surface area contributed by atoms with Gasteiger partial charge in [0.05, 0.1) is 30.2 Å². The van der Waals surface area contributed by atoms with Crippen molar-refractivity contribution in [2.45, 2.75) is 69.9 Å². The standard InChI is InChI=1S/C34H39ClN4O6S/c1-18(2)25-17-46-31(37-25)24-15-27(21-10-11-26(44-4)28(35)29(21)36-24)45-20-13-22-23(14-20)32(41)39(3)12-8-6-5-7-9-19-16-34(19,33(42)43)38-30(22)40/h7,9-11,15,17-20,22-23H,5-6,8,12-14,16H2,1-4H3,(H,38,40)(H,42,43)/b9-7-/t19-,20-,22-,23?,34-/m1/s1. The van der Waals surface area contributed by atoms with Crippen LogP contribution < -0.4 is 14.8 Å². The number of hydrogen-bond donors (Lipinski definition) is 2. The number of aliphatic carboxylic acids is 1. The predicted octanol–water partition coefficient (Wildman–Crippen LogP) is 6.08. The van der Waals surface area contributed by atoms with E-state index < -0.39 is 35.4 Å². The second kappa shape index (κ2) is 12.8. The van der Waals surface area contributed by atoms with Gasteiger partial charge in [0.2, 0.25) is 11.8 Å². The lowest BCUT2D eigenvalue weighted by Crippen LogP contribution is -2.49. The molecule has 12 heteroatoms. The highest BCUT2D eigenvalue weighted by atomic mass is 35.5. The normalized spacial score (nSPS) is 27.5. The van der Waals surface area contributed by atoms with Crippen molar-refractivity contribution in [2.75, 3.05) is 20.7 Å². The average Bonchev–Trinajstić information content (AvgIpc) is 3.33. The van der Waals surface area contributed by atoms with Crippen molar-refractivity contribution in [3.63, 3.8) is 0 Å². The summed E-state index contributed by atoms with van der Waals surface area (Å²) in [5.41, 5.74) is 0.705. The van der Waals surface area contributed by atoms with Crippen LogP contribution in [0.3, 0.4) is 0 Å². The van der Waals surface area contributed by atoms with Crippen LogP contribution in [-0.4, -0.2) is 70.1 Å². The number of carboxylic acids is 1. The molecule has 2 N–H and O–H groups in total. The third kappa shape index (κ3) is 6.07. The molecular formula is C34H39ClN4O6S. The summed E-state index contributed by atoms with van der Waals surface area (Å²) in [5, 5.41) is 16.7. The Morgan fingerprint density at radius 1 is 1.17 bits per heavy atom. The number of methoxy groups -OCH3 is 1. The van der Waals surface area contributed by atoms with Crippen LogP contribution in [0, 0.1) is 17.8 Å². The summed E-state index contributed by atoms with van der Waals surface area (Å²) >= 11 is 8.24. The van der Waals surface area contributed by atoms with E-state index in [-0.39, 0.29) is 24.2 Å². The molecule has 2 aromatic heterocycles. The molecule has 6 rings (SSSR count). The number of allylic oxidation sites excluding steroid dienone is 1. The molecule has 244 valence electrons. The van der Waals surface area contributed by atoms with E-state index in [9.17, 15) is 19.5 Å². The Labute approximate surface area is 277 Å². The summed E-state index contributed by atoms with van der Waals surface area (Å²) in [5.74, 6) is -2.04. The molecule has 2 fully saturated rings. The van der Waals surface area contributed by atoms with Crippen LogP contribution in [0.15, 0.2) is 35.7 Å². The number of nitrogens with one attached hydrogen (secondary N) is 1. The van der Waals surface area contributed by atoms with Gasteiger partial charge in [0.1, 0.15) is 38.9 Å². The van der Waals surface area contributed by atoms with E-state index in [1.165, 1.54) is 11.3 Å². The summed E-state index contributed by atoms with van der Waals surface area (Å²) < 4.78 is 12.1. The maximum absolute atomic E-state index is 13.8. The first kappa shape index (κ1) is 32.2. The Hall–Kier alpha value is -3.70. The largest absolute Gasteiger partial charge is 0.495 e. The number of carbonyl (C=O) groups excluding carboxylic acids is 2. The molecule has 10 nitrogen and oxygen atoms in total. The van der Waals surface area contributed by atoms with Gasteiger partial charge in [-0.1, -0.05) is 37.6 Å².